The molecule has 0 aliphatic rings. The Morgan fingerprint density at radius 1 is 1.18 bits per heavy atom. The van der Waals surface area contributed by atoms with Crippen LogP contribution in [-0.4, -0.2) is 49.7 Å². The quantitative estimate of drug-likeness (QED) is 0.274. The molecule has 0 bridgehead atoms. The van der Waals surface area contributed by atoms with E-state index in [4.69, 9.17) is 13.9 Å². The van der Waals surface area contributed by atoms with Crippen molar-refractivity contribution in [2.75, 3.05) is 12.9 Å². The lowest BCUT2D eigenvalue weighted by Gasteiger charge is -2.39. The Morgan fingerprint density at radius 2 is 1.76 bits per heavy atom. The van der Waals surface area contributed by atoms with Crippen molar-refractivity contribution in [2.24, 2.45) is 5.92 Å². The lowest BCUT2D eigenvalue weighted by molar-refractivity contribution is -0.128. The average molecular weight is 497 g/mol. The Bertz CT molecular complexity index is 770. The van der Waals surface area contributed by atoms with Gasteiger partial charge in [-0.05, 0) is 66.9 Å². The first-order valence-electron chi connectivity index (χ1n) is 11.7. The van der Waals surface area contributed by atoms with Gasteiger partial charge in [0, 0.05) is 6.10 Å². The second-order valence-electron chi connectivity index (χ2n) is 10.1. The number of carbonyl (C=O) groups excluding carboxylic acids is 1. The summed E-state index contributed by atoms with van der Waals surface area (Å²) in [5.74, 6) is 1.48. The normalized spacial score (nSPS) is 16.8. The van der Waals surface area contributed by atoms with Crippen molar-refractivity contribution < 1.29 is 23.8 Å². The highest BCUT2D eigenvalue weighted by atomic mass is 32.2. The predicted octanol–water partition coefficient (Wildman–Crippen LogP) is 6.21. The van der Waals surface area contributed by atoms with Gasteiger partial charge in [-0.15, -0.1) is 0 Å². The Kier molecular flexibility index (Phi) is 11.9. The van der Waals surface area contributed by atoms with Crippen molar-refractivity contribution >= 4 is 25.2 Å². The van der Waals surface area contributed by atoms with Crippen molar-refractivity contribution in [2.45, 2.75) is 91.5 Å². The largest absolute Gasteiger partial charge is 0.497 e. The third-order valence-corrected chi connectivity index (χ3v) is 11.8. The fraction of sp³-hybridized carbons (Fsp3) is 0.654. The summed E-state index contributed by atoms with van der Waals surface area (Å²) in [4.78, 5) is 12.7. The van der Waals surface area contributed by atoms with E-state index in [9.17, 15) is 9.90 Å². The molecule has 0 aromatic heterocycles. The van der Waals surface area contributed by atoms with Gasteiger partial charge >= 0.3 is 0 Å². The minimum atomic E-state index is -1.90. The molecule has 0 aliphatic carbocycles. The summed E-state index contributed by atoms with van der Waals surface area (Å²) in [7, 11) is -0.281. The van der Waals surface area contributed by atoms with Crippen molar-refractivity contribution in [3.8, 4) is 5.75 Å². The zero-order chi connectivity index (χ0) is 25.4. The maximum Gasteiger partial charge on any atom is 0.220 e. The van der Waals surface area contributed by atoms with Crippen LogP contribution in [0.5, 0.6) is 5.75 Å². The maximum atomic E-state index is 12.7. The predicted molar refractivity (Wildman–Crippen MR) is 141 cm³/mol. The molecule has 33 heavy (non-hydrogen) atoms. The summed E-state index contributed by atoms with van der Waals surface area (Å²) in [6.07, 6.45) is 0.0673. The van der Waals surface area contributed by atoms with Gasteiger partial charge in [-0.3, -0.25) is 4.79 Å². The molecule has 0 amide bonds. The summed E-state index contributed by atoms with van der Waals surface area (Å²) in [6, 6.07) is 7.49. The molecule has 0 unspecified atom stereocenters. The van der Waals surface area contributed by atoms with Crippen LogP contribution in [0.3, 0.4) is 0 Å². The molecular formula is C26H44O5SSi. The number of hydrogen-bond donors (Lipinski definition) is 1. The highest BCUT2D eigenvalue weighted by Gasteiger charge is 2.39. The molecule has 1 aromatic rings. The van der Waals surface area contributed by atoms with Gasteiger partial charge < -0.3 is 19.0 Å². The molecule has 7 heteroatoms. The SMILES string of the molecule is CCSC(=O)[C@H](OCc1ccc(OC)cc1)[C@H](O)/C(C)=C/[C@@H](C)[C@H](C)O[Si](C)(C)C(C)(C)C. The van der Waals surface area contributed by atoms with Crippen LogP contribution in [0.2, 0.25) is 18.1 Å². The maximum absolute atomic E-state index is 12.7. The Labute approximate surface area is 206 Å². The molecule has 0 heterocycles. The van der Waals surface area contributed by atoms with Crippen molar-refractivity contribution in [1.82, 2.24) is 0 Å². The smallest absolute Gasteiger partial charge is 0.220 e. The van der Waals surface area contributed by atoms with Gasteiger partial charge in [0.15, 0.2) is 14.4 Å². The average Bonchev–Trinajstić information content (AvgIpc) is 2.73. The first-order chi connectivity index (χ1) is 15.2. The number of ether oxygens (including phenoxy) is 2. The fourth-order valence-electron chi connectivity index (χ4n) is 3.06. The second kappa shape index (κ2) is 13.1. The zero-order valence-corrected chi connectivity index (χ0v) is 23.9. The van der Waals surface area contributed by atoms with Crippen LogP contribution in [0.1, 0.15) is 54.0 Å². The number of aliphatic hydroxyl groups excluding tert-OH is 1. The lowest BCUT2D eigenvalue weighted by Crippen LogP contribution is -2.44. The van der Waals surface area contributed by atoms with Gasteiger partial charge in [0.05, 0.1) is 13.7 Å². The number of rotatable bonds is 12. The van der Waals surface area contributed by atoms with Crippen LogP contribution in [0, 0.1) is 5.92 Å². The molecule has 0 fully saturated rings. The first-order valence-corrected chi connectivity index (χ1v) is 15.6. The van der Waals surface area contributed by atoms with E-state index in [1.807, 2.05) is 44.2 Å². The van der Waals surface area contributed by atoms with Gasteiger partial charge in [0.25, 0.3) is 0 Å². The number of carbonyl (C=O) groups is 1. The van der Waals surface area contributed by atoms with Crippen LogP contribution in [0.15, 0.2) is 35.9 Å². The first kappa shape index (κ1) is 29.9. The molecule has 0 aliphatic heterocycles. The molecule has 5 nitrogen and oxygen atoms in total. The summed E-state index contributed by atoms with van der Waals surface area (Å²) in [6.45, 7) is 19.3. The Balaban J connectivity index is 2.94. The monoisotopic (exact) mass is 496 g/mol. The fourth-order valence-corrected chi connectivity index (χ4v) is 5.20. The van der Waals surface area contributed by atoms with E-state index >= 15 is 0 Å². The molecule has 0 saturated carbocycles. The highest BCUT2D eigenvalue weighted by Crippen LogP contribution is 2.38. The van der Waals surface area contributed by atoms with Crippen molar-refractivity contribution in [3.63, 3.8) is 0 Å². The molecule has 1 N–H and O–H groups in total. The molecule has 1 rings (SSSR count). The standard InChI is InChI=1S/C26H44O5SSi/c1-11-32-25(28)24(30-17-21-12-14-22(29-8)15-13-21)23(27)19(3)16-18(2)20(4)31-33(9,10)26(5,6)7/h12-16,18,20,23-24,27H,11,17H2,1-10H3/b19-16+/t18-,20+,23-,24-/m1/s1. The number of aliphatic hydroxyl groups is 1. The topological polar surface area (TPSA) is 65.0 Å². The van der Waals surface area contributed by atoms with Crippen LogP contribution in [0.4, 0.5) is 0 Å². The van der Waals surface area contributed by atoms with E-state index < -0.39 is 20.5 Å². The van der Waals surface area contributed by atoms with Crippen LogP contribution in [0.25, 0.3) is 0 Å². The Morgan fingerprint density at radius 3 is 2.24 bits per heavy atom. The number of hydrogen-bond acceptors (Lipinski definition) is 6. The van der Waals surface area contributed by atoms with Gasteiger partial charge in [-0.2, -0.15) is 0 Å². The lowest BCUT2D eigenvalue weighted by atomic mass is 9.98. The van der Waals surface area contributed by atoms with Gasteiger partial charge in [-0.25, -0.2) is 0 Å². The molecule has 188 valence electrons. The summed E-state index contributed by atoms with van der Waals surface area (Å²) >= 11 is 1.17. The summed E-state index contributed by atoms with van der Waals surface area (Å²) < 4.78 is 17.6. The van der Waals surface area contributed by atoms with E-state index in [2.05, 4.69) is 47.7 Å². The van der Waals surface area contributed by atoms with Crippen molar-refractivity contribution in [1.29, 1.82) is 0 Å². The molecule has 4 atom stereocenters. The van der Waals surface area contributed by atoms with E-state index in [-0.39, 0.29) is 28.8 Å². The number of benzene rings is 1. The second-order valence-corrected chi connectivity index (χ2v) is 16.2. The van der Waals surface area contributed by atoms with E-state index in [1.54, 1.807) is 7.11 Å². The Hall–Kier alpha value is -1.12. The number of thioether (sulfide) groups is 1. The van der Waals surface area contributed by atoms with E-state index in [1.165, 1.54) is 11.8 Å². The van der Waals surface area contributed by atoms with Crippen LogP contribution in [-0.2, 0) is 20.6 Å². The van der Waals surface area contributed by atoms with Crippen LogP contribution >= 0.6 is 11.8 Å². The minimum absolute atomic E-state index is 0.00688. The minimum Gasteiger partial charge on any atom is -0.497 e. The van der Waals surface area contributed by atoms with E-state index in [0.717, 1.165) is 16.9 Å². The van der Waals surface area contributed by atoms with Gasteiger partial charge in [-0.1, -0.05) is 64.6 Å². The molecule has 0 radical (unpaired) electrons. The third kappa shape index (κ3) is 9.21. The molecule has 0 spiro atoms. The summed E-state index contributed by atoms with van der Waals surface area (Å²) in [5, 5.41) is 11.0. The molecular weight excluding hydrogens is 452 g/mol. The zero-order valence-electron chi connectivity index (χ0n) is 22.1. The summed E-state index contributed by atoms with van der Waals surface area (Å²) in [5.41, 5.74) is 1.63. The highest BCUT2D eigenvalue weighted by molar-refractivity contribution is 8.13. The number of methoxy groups -OCH3 is 1. The molecule has 1 aromatic carbocycles. The van der Waals surface area contributed by atoms with Gasteiger partial charge in [0.1, 0.15) is 11.9 Å². The third-order valence-electron chi connectivity index (χ3n) is 6.41. The van der Waals surface area contributed by atoms with E-state index in [0.29, 0.717) is 5.75 Å². The van der Waals surface area contributed by atoms with Crippen LogP contribution < -0.4 is 4.74 Å². The molecule has 0 saturated heterocycles. The van der Waals surface area contributed by atoms with Gasteiger partial charge in [0.2, 0.25) is 5.12 Å². The van der Waals surface area contributed by atoms with Crippen molar-refractivity contribution in [3.05, 3.63) is 41.5 Å².